The summed E-state index contributed by atoms with van der Waals surface area (Å²) < 4.78 is 0. The largest absolute Gasteiger partial charge is 0.569 e. The van der Waals surface area contributed by atoms with E-state index in [4.69, 9.17) is 5.26 Å². The summed E-state index contributed by atoms with van der Waals surface area (Å²) >= 11 is 0. The molecule has 0 amide bonds. The minimum Gasteiger partial charge on any atom is -0.569 e. The molecule has 0 rings (SSSR count). The summed E-state index contributed by atoms with van der Waals surface area (Å²) in [4.78, 5) is 4.01. The molecule has 0 aliphatic carbocycles. The van der Waals surface area contributed by atoms with Crippen LogP contribution in [0.3, 0.4) is 0 Å². The molecule has 0 fully saturated rings. The van der Waals surface area contributed by atoms with E-state index in [1.54, 1.807) is 6.07 Å². The van der Waals surface area contributed by atoms with Crippen molar-refractivity contribution in [2.75, 3.05) is 0 Å². The summed E-state index contributed by atoms with van der Waals surface area (Å²) in [7, 11) is 2.94. The van der Waals surface area contributed by atoms with Crippen LogP contribution < -0.4 is 0 Å². The maximum Gasteiger partial charge on any atom is 0.150 e. The molecular formula is C4H5N2OW-. The first-order valence-electron chi connectivity index (χ1n) is 1.67. The van der Waals surface area contributed by atoms with Crippen molar-refractivity contribution in [1.82, 2.24) is 0 Å². The van der Waals surface area contributed by atoms with Gasteiger partial charge in [-0.3, -0.25) is 0 Å². The van der Waals surface area contributed by atoms with Gasteiger partial charge in [0.15, 0.2) is 5.71 Å². The molecule has 0 aliphatic heterocycles. The Bertz CT molecular complexity index is 116. The van der Waals surface area contributed by atoms with Gasteiger partial charge in [-0.2, -0.15) is 5.26 Å². The molecule has 0 spiro atoms. The van der Waals surface area contributed by atoms with Crippen LogP contribution in [0.15, 0.2) is 5.16 Å². The van der Waals surface area contributed by atoms with Crippen molar-refractivity contribution >= 4 is 5.71 Å². The van der Waals surface area contributed by atoms with E-state index < -0.39 is 0 Å². The van der Waals surface area contributed by atoms with Gasteiger partial charge >= 0.3 is 0 Å². The van der Waals surface area contributed by atoms with E-state index in [0.717, 1.165) is 0 Å². The Labute approximate surface area is 62.6 Å². The number of hydrogen-bond acceptors (Lipinski definition) is 3. The molecule has 0 atom stereocenters. The molecule has 0 radical (unpaired) electrons. The molecule has 4 heteroatoms. The molecule has 44 valence electrons. The van der Waals surface area contributed by atoms with Crippen molar-refractivity contribution in [3.05, 3.63) is 7.11 Å². The molecular weight excluding hydrogens is 276 g/mol. The van der Waals surface area contributed by atoms with Gasteiger partial charge in [0.05, 0.1) is 0 Å². The second-order valence-corrected chi connectivity index (χ2v) is 0.918. The Kier molecular flexibility index (Phi) is 8.81. The van der Waals surface area contributed by atoms with Gasteiger partial charge in [0.1, 0.15) is 6.07 Å². The standard InChI is InChI=1S/C4H5N2O.W/c1-4(3-5)6-7-2;/h2H2,1H3;/q-1;/b6-4-;. The van der Waals surface area contributed by atoms with Crippen molar-refractivity contribution in [2.24, 2.45) is 5.16 Å². The average molecular weight is 281 g/mol. The fourth-order valence-electron chi connectivity index (χ4n) is 0.117. The average Bonchev–Trinajstić information content (AvgIpc) is 1.68. The van der Waals surface area contributed by atoms with Crippen LogP contribution in [0, 0.1) is 18.4 Å². The van der Waals surface area contributed by atoms with Crippen LogP contribution in [0.5, 0.6) is 0 Å². The third kappa shape index (κ3) is 5.65. The predicted molar refractivity (Wildman–Crippen MR) is 25.2 cm³/mol. The van der Waals surface area contributed by atoms with Crippen molar-refractivity contribution in [3.8, 4) is 6.07 Å². The normalized spacial score (nSPS) is 8.88. The second-order valence-electron chi connectivity index (χ2n) is 0.918. The number of nitriles is 1. The van der Waals surface area contributed by atoms with Gasteiger partial charge in [-0.05, 0) is 6.92 Å². The molecule has 0 aliphatic rings. The Balaban J connectivity index is 0. The van der Waals surface area contributed by atoms with Gasteiger partial charge in [-0.25, -0.2) is 0 Å². The van der Waals surface area contributed by atoms with E-state index in [1.807, 2.05) is 0 Å². The number of rotatable bonds is 1. The van der Waals surface area contributed by atoms with Gasteiger partial charge < -0.3 is 4.84 Å². The molecule has 0 saturated carbocycles. The molecule has 0 aromatic carbocycles. The maximum absolute atomic E-state index is 7.98. The Morgan fingerprint density at radius 3 is 2.50 bits per heavy atom. The summed E-state index contributed by atoms with van der Waals surface area (Å²) in [6.45, 7) is 1.53. The predicted octanol–water partition coefficient (Wildman–Crippen LogP) is 0.692. The van der Waals surface area contributed by atoms with Crippen LogP contribution >= 0.6 is 0 Å². The summed E-state index contributed by atoms with van der Waals surface area (Å²) in [5.41, 5.74) is 0.273. The molecule has 0 unspecified atom stereocenters. The Hall–Kier alpha value is -0.352. The van der Waals surface area contributed by atoms with E-state index >= 15 is 0 Å². The quantitative estimate of drug-likeness (QED) is 0.403. The van der Waals surface area contributed by atoms with Crippen LogP contribution in [0.2, 0.25) is 0 Å². The molecule has 0 heterocycles. The van der Waals surface area contributed by atoms with Crippen molar-refractivity contribution in [3.63, 3.8) is 0 Å². The van der Waals surface area contributed by atoms with Gasteiger partial charge in [0.25, 0.3) is 0 Å². The molecule has 0 aromatic heterocycles. The van der Waals surface area contributed by atoms with Crippen LogP contribution in [-0.2, 0) is 25.9 Å². The molecule has 0 saturated heterocycles. The van der Waals surface area contributed by atoms with Crippen LogP contribution in [-0.4, -0.2) is 5.71 Å². The minimum atomic E-state index is 0. The fourth-order valence-corrected chi connectivity index (χ4v) is 0.117. The topological polar surface area (TPSA) is 45.4 Å². The van der Waals surface area contributed by atoms with Crippen LogP contribution in [0.1, 0.15) is 6.92 Å². The van der Waals surface area contributed by atoms with E-state index in [2.05, 4.69) is 17.1 Å². The molecule has 8 heavy (non-hydrogen) atoms. The smallest absolute Gasteiger partial charge is 0.150 e. The molecule has 0 N–H and O–H groups in total. The zero-order valence-corrected chi connectivity index (χ0v) is 7.35. The van der Waals surface area contributed by atoms with Crippen LogP contribution in [0.25, 0.3) is 0 Å². The maximum atomic E-state index is 7.98. The summed E-state index contributed by atoms with van der Waals surface area (Å²) in [6.07, 6.45) is 0. The first kappa shape index (κ1) is 10.6. The zero-order valence-electron chi connectivity index (χ0n) is 4.42. The SMILES string of the molecule is [CH2-]O/N=C(/C)C#N.[W]. The first-order valence-corrected chi connectivity index (χ1v) is 1.67. The van der Waals surface area contributed by atoms with E-state index in [9.17, 15) is 0 Å². The van der Waals surface area contributed by atoms with Crippen molar-refractivity contribution < 1.29 is 25.9 Å². The molecule has 3 nitrogen and oxygen atoms in total. The van der Waals surface area contributed by atoms with E-state index in [-0.39, 0.29) is 26.8 Å². The third-order valence-corrected chi connectivity index (χ3v) is 0.363. The second kappa shape index (κ2) is 6.65. The van der Waals surface area contributed by atoms with Crippen LogP contribution in [0.4, 0.5) is 0 Å². The number of oxime groups is 1. The molecule has 0 aromatic rings. The van der Waals surface area contributed by atoms with Gasteiger partial charge in [0.2, 0.25) is 0 Å². The third-order valence-electron chi connectivity index (χ3n) is 0.363. The monoisotopic (exact) mass is 281 g/mol. The summed E-state index contributed by atoms with van der Waals surface area (Å²) in [6, 6.07) is 1.75. The van der Waals surface area contributed by atoms with Crippen molar-refractivity contribution in [2.45, 2.75) is 6.92 Å². The fraction of sp³-hybridized carbons (Fsp3) is 0.250. The summed E-state index contributed by atoms with van der Waals surface area (Å²) in [5.74, 6) is 0. The van der Waals surface area contributed by atoms with Crippen molar-refractivity contribution in [1.29, 1.82) is 5.26 Å². The summed E-state index contributed by atoms with van der Waals surface area (Å²) in [5, 5.41) is 11.2. The Morgan fingerprint density at radius 1 is 1.88 bits per heavy atom. The first-order chi connectivity index (χ1) is 3.31. The van der Waals surface area contributed by atoms with E-state index in [0.29, 0.717) is 0 Å². The zero-order chi connectivity index (χ0) is 5.70. The van der Waals surface area contributed by atoms with Gasteiger partial charge in [-0.1, -0.05) is 0 Å². The van der Waals surface area contributed by atoms with Gasteiger partial charge in [-0.15, -0.1) is 12.3 Å². The Morgan fingerprint density at radius 2 is 2.38 bits per heavy atom. The number of nitrogens with zero attached hydrogens (tertiary/aromatic N) is 2. The molecule has 0 bridgehead atoms. The minimum absolute atomic E-state index is 0. The van der Waals surface area contributed by atoms with E-state index in [1.165, 1.54) is 6.92 Å². The number of hydrogen-bond donors (Lipinski definition) is 0. The van der Waals surface area contributed by atoms with Gasteiger partial charge in [0, 0.05) is 21.1 Å².